The Hall–Kier alpha value is -0.0800. The summed E-state index contributed by atoms with van der Waals surface area (Å²) >= 11 is 0. The highest BCUT2D eigenvalue weighted by Crippen LogP contribution is 2.65. The van der Waals surface area contributed by atoms with Gasteiger partial charge in [0.15, 0.2) is 0 Å². The van der Waals surface area contributed by atoms with Crippen molar-refractivity contribution in [1.29, 1.82) is 0 Å². The van der Waals surface area contributed by atoms with Crippen LogP contribution >= 0.6 is 0 Å². The lowest BCUT2D eigenvalue weighted by molar-refractivity contribution is 0.0126. The molecule has 0 unspecified atom stereocenters. The van der Waals surface area contributed by atoms with Crippen LogP contribution in [0.4, 0.5) is 0 Å². The highest BCUT2D eigenvalue weighted by Gasteiger charge is 2.60. The normalized spacial score (nSPS) is 39.4. The monoisotopic (exact) mass is 228 g/mol. The lowest BCUT2D eigenvalue weighted by Crippen LogP contribution is -2.35. The van der Waals surface area contributed by atoms with E-state index in [2.05, 4.69) is 20.8 Å². The van der Waals surface area contributed by atoms with Crippen molar-refractivity contribution in [2.24, 2.45) is 16.7 Å². The highest BCUT2D eigenvalue weighted by molar-refractivity contribution is 5.10. The van der Waals surface area contributed by atoms with Gasteiger partial charge in [0.05, 0.1) is 6.10 Å². The van der Waals surface area contributed by atoms with Gasteiger partial charge in [-0.2, -0.15) is 0 Å². The first-order valence-electron chi connectivity index (χ1n) is 6.66. The van der Waals surface area contributed by atoms with Crippen LogP contribution in [0, 0.1) is 16.7 Å². The van der Waals surface area contributed by atoms with Crippen LogP contribution in [-0.2, 0) is 4.74 Å². The van der Waals surface area contributed by atoms with Gasteiger partial charge in [-0.25, -0.2) is 0 Å². The van der Waals surface area contributed by atoms with Crippen molar-refractivity contribution < 1.29 is 9.84 Å². The minimum Gasteiger partial charge on any atom is -0.393 e. The molecule has 0 aromatic carbocycles. The zero-order valence-electron chi connectivity index (χ0n) is 11.5. The number of ether oxygens (including phenoxy) is 1. The molecule has 2 fully saturated rings. The minimum absolute atomic E-state index is 0.0313. The van der Waals surface area contributed by atoms with E-state index in [0.29, 0.717) is 5.41 Å². The van der Waals surface area contributed by atoms with Crippen molar-refractivity contribution in [3.63, 3.8) is 0 Å². The molecular weight excluding hydrogens is 200 g/mol. The van der Waals surface area contributed by atoms with Gasteiger partial charge in [0.25, 0.3) is 0 Å². The molecule has 96 valence electrons. The van der Waals surface area contributed by atoms with Gasteiger partial charge in [-0.3, -0.25) is 0 Å². The van der Waals surface area contributed by atoms with E-state index in [9.17, 15) is 5.11 Å². The van der Waals surface area contributed by atoms with Crippen molar-refractivity contribution in [2.75, 3.05) is 13.2 Å². The van der Waals surface area contributed by atoms with Crippen LogP contribution in [0.3, 0.4) is 0 Å². The summed E-state index contributed by atoms with van der Waals surface area (Å²) in [6.45, 7) is 12.6. The van der Waals surface area contributed by atoms with Crippen LogP contribution < -0.4 is 0 Å². The van der Waals surface area contributed by atoms with Crippen LogP contribution in [0.25, 0.3) is 0 Å². The van der Waals surface area contributed by atoms with Gasteiger partial charge in [-0.05, 0) is 49.9 Å². The van der Waals surface area contributed by atoms with Crippen LogP contribution in [0.1, 0.15) is 53.9 Å². The van der Waals surface area contributed by atoms with Crippen molar-refractivity contribution in [1.82, 2.24) is 0 Å². The van der Waals surface area contributed by atoms with E-state index in [-0.39, 0.29) is 11.5 Å². The van der Waals surface area contributed by atoms with Gasteiger partial charge in [-0.1, -0.05) is 20.8 Å². The molecule has 0 heterocycles. The van der Waals surface area contributed by atoms with E-state index in [1.54, 1.807) is 0 Å². The Morgan fingerprint density at radius 3 is 1.88 bits per heavy atom. The maximum atomic E-state index is 9.81. The van der Waals surface area contributed by atoms with Gasteiger partial charge >= 0.3 is 0 Å². The molecule has 3 atom stereocenters. The first-order valence-corrected chi connectivity index (χ1v) is 6.66. The Balaban J connectivity index is 0.000000221. The molecule has 2 aliphatic rings. The summed E-state index contributed by atoms with van der Waals surface area (Å²) in [5.41, 5.74) is 0.601. The highest BCUT2D eigenvalue weighted by atomic mass is 16.5. The van der Waals surface area contributed by atoms with Crippen molar-refractivity contribution in [3.05, 3.63) is 0 Å². The Kier molecular flexibility index (Phi) is 4.42. The third-order valence-electron chi connectivity index (χ3n) is 5.16. The van der Waals surface area contributed by atoms with Gasteiger partial charge < -0.3 is 9.84 Å². The van der Waals surface area contributed by atoms with E-state index < -0.39 is 0 Å². The van der Waals surface area contributed by atoms with Crippen molar-refractivity contribution in [3.8, 4) is 0 Å². The third-order valence-corrected chi connectivity index (χ3v) is 5.16. The standard InChI is InChI=1S/C10H18O.C4H10O/c1-9(2)7-4-5-10(9,3)8(11)6-7;1-3-5-4-2/h7-8,11H,4-6H2,1-3H3;3-4H2,1-2H3/t7-,8-,10+;/m1./s1. The Morgan fingerprint density at radius 2 is 1.75 bits per heavy atom. The molecule has 2 nitrogen and oxygen atoms in total. The quantitative estimate of drug-likeness (QED) is 0.786. The van der Waals surface area contributed by atoms with Crippen LogP contribution in [0.5, 0.6) is 0 Å². The van der Waals surface area contributed by atoms with Gasteiger partial charge in [0, 0.05) is 13.2 Å². The Bertz CT molecular complexity index is 223. The molecule has 0 aliphatic heterocycles. The molecule has 2 heteroatoms. The van der Waals surface area contributed by atoms with Crippen LogP contribution in [-0.4, -0.2) is 24.4 Å². The summed E-state index contributed by atoms with van der Waals surface area (Å²) in [5.74, 6) is 0.780. The van der Waals surface area contributed by atoms with E-state index in [1.165, 1.54) is 12.8 Å². The number of aliphatic hydroxyl groups excluding tert-OH is 1. The number of hydrogen-bond acceptors (Lipinski definition) is 2. The topological polar surface area (TPSA) is 29.5 Å². The smallest absolute Gasteiger partial charge is 0.0601 e. The summed E-state index contributed by atoms with van der Waals surface area (Å²) in [4.78, 5) is 0. The summed E-state index contributed by atoms with van der Waals surface area (Å²) < 4.78 is 4.83. The lowest BCUT2D eigenvalue weighted by Gasteiger charge is -2.36. The predicted octanol–water partition coefficient (Wildman–Crippen LogP) is 3.24. The van der Waals surface area contributed by atoms with Crippen molar-refractivity contribution >= 4 is 0 Å². The molecule has 2 aliphatic carbocycles. The zero-order valence-corrected chi connectivity index (χ0v) is 11.5. The summed E-state index contributed by atoms with van der Waals surface area (Å²) in [7, 11) is 0. The second-order valence-corrected chi connectivity index (χ2v) is 5.91. The maximum absolute atomic E-state index is 9.81. The average molecular weight is 228 g/mol. The van der Waals surface area contributed by atoms with Gasteiger partial charge in [0.1, 0.15) is 0 Å². The zero-order chi connectivity index (χ0) is 12.4. The second-order valence-electron chi connectivity index (χ2n) is 5.91. The first-order chi connectivity index (χ1) is 7.40. The van der Waals surface area contributed by atoms with E-state index >= 15 is 0 Å². The molecule has 2 rings (SSSR count). The SMILES string of the molecule is CC1(C)[C@@H]2CC[C@@]1(C)[C@H](O)C2.CCOCC. The van der Waals surface area contributed by atoms with E-state index in [1.807, 2.05) is 13.8 Å². The molecule has 2 saturated carbocycles. The Morgan fingerprint density at radius 1 is 1.19 bits per heavy atom. The summed E-state index contributed by atoms with van der Waals surface area (Å²) in [6, 6.07) is 0. The molecule has 1 N–H and O–H groups in total. The number of hydrogen-bond donors (Lipinski definition) is 1. The Labute approximate surface area is 100 Å². The maximum Gasteiger partial charge on any atom is 0.0601 e. The molecule has 0 saturated heterocycles. The molecular formula is C14H28O2. The molecule has 0 amide bonds. The van der Waals surface area contributed by atoms with Crippen LogP contribution in [0.15, 0.2) is 0 Å². The van der Waals surface area contributed by atoms with Crippen LogP contribution in [0.2, 0.25) is 0 Å². The summed E-state index contributed by atoms with van der Waals surface area (Å²) in [6.07, 6.45) is 3.58. The summed E-state index contributed by atoms with van der Waals surface area (Å²) in [5, 5.41) is 9.81. The second kappa shape index (κ2) is 5.05. The van der Waals surface area contributed by atoms with E-state index in [0.717, 1.165) is 25.6 Å². The fraction of sp³-hybridized carbons (Fsp3) is 1.00. The fourth-order valence-electron chi connectivity index (χ4n) is 3.37. The molecule has 0 aromatic heterocycles. The minimum atomic E-state index is -0.0313. The third kappa shape index (κ3) is 2.14. The average Bonchev–Trinajstić information content (AvgIpc) is 2.53. The molecule has 16 heavy (non-hydrogen) atoms. The van der Waals surface area contributed by atoms with Gasteiger partial charge in [-0.15, -0.1) is 0 Å². The van der Waals surface area contributed by atoms with E-state index in [4.69, 9.17) is 4.74 Å². The molecule has 0 aromatic rings. The lowest BCUT2D eigenvalue weighted by atomic mass is 9.70. The molecule has 0 spiro atoms. The largest absolute Gasteiger partial charge is 0.393 e. The molecule has 0 radical (unpaired) electrons. The number of aliphatic hydroxyl groups is 1. The predicted molar refractivity (Wildman–Crippen MR) is 67.4 cm³/mol. The number of rotatable bonds is 2. The first kappa shape index (κ1) is 14.0. The van der Waals surface area contributed by atoms with Gasteiger partial charge in [0.2, 0.25) is 0 Å². The number of fused-ring (bicyclic) bond motifs is 2. The molecule has 2 bridgehead atoms. The fourth-order valence-corrected chi connectivity index (χ4v) is 3.37. The van der Waals surface area contributed by atoms with Crippen molar-refractivity contribution in [2.45, 2.75) is 60.0 Å².